The Kier molecular flexibility index (Phi) is 8.08. The van der Waals surface area contributed by atoms with Gasteiger partial charge in [-0.3, -0.25) is 14.4 Å². The molecule has 0 saturated heterocycles. The minimum absolute atomic E-state index is 0.147. The van der Waals surface area contributed by atoms with E-state index in [1.165, 1.54) is 6.92 Å². The predicted molar refractivity (Wildman–Crippen MR) is 136 cm³/mol. The summed E-state index contributed by atoms with van der Waals surface area (Å²) in [6.45, 7) is 1.78. The van der Waals surface area contributed by atoms with E-state index < -0.39 is 41.5 Å². The number of nitrogens with one attached hydrogen (secondary N) is 3. The van der Waals surface area contributed by atoms with Crippen LogP contribution in [-0.2, 0) is 20.8 Å². The monoisotopic (exact) mass is 503 g/mol. The first-order valence-corrected chi connectivity index (χ1v) is 11.9. The maximum Gasteiger partial charge on any atom is 0.243 e. The number of hydrogen-bond acceptors (Lipinski definition) is 3. The van der Waals surface area contributed by atoms with Crippen molar-refractivity contribution in [3.05, 3.63) is 113 Å². The second-order valence-electron chi connectivity index (χ2n) is 8.94. The van der Waals surface area contributed by atoms with Gasteiger partial charge in [0.15, 0.2) is 0 Å². The average Bonchev–Trinajstić information content (AvgIpc) is 3.03. The summed E-state index contributed by atoms with van der Waals surface area (Å²) in [5.41, 5.74) is 2.88. The summed E-state index contributed by atoms with van der Waals surface area (Å²) in [5, 5.41) is 8.21. The Labute approximate surface area is 213 Å². The van der Waals surface area contributed by atoms with E-state index in [4.69, 9.17) is 0 Å². The summed E-state index contributed by atoms with van der Waals surface area (Å²) in [4.78, 5) is 38.6. The molecule has 190 valence electrons. The summed E-state index contributed by atoms with van der Waals surface area (Å²) in [5.74, 6) is -3.52. The normalized spacial score (nSPS) is 18.1. The molecule has 3 aromatic rings. The van der Waals surface area contributed by atoms with Crippen molar-refractivity contribution >= 4 is 23.3 Å². The van der Waals surface area contributed by atoms with Crippen molar-refractivity contribution in [2.75, 3.05) is 6.54 Å². The van der Waals surface area contributed by atoms with Crippen LogP contribution in [0, 0.1) is 11.6 Å². The zero-order valence-electron chi connectivity index (χ0n) is 20.2. The van der Waals surface area contributed by atoms with Gasteiger partial charge in [-0.25, -0.2) is 8.78 Å². The number of carbonyl (C=O) groups excluding carboxylic acids is 3. The molecule has 0 radical (unpaired) electrons. The summed E-state index contributed by atoms with van der Waals surface area (Å²) >= 11 is 0. The van der Waals surface area contributed by atoms with Crippen LogP contribution in [0.1, 0.15) is 29.5 Å². The third-order valence-electron chi connectivity index (χ3n) is 6.16. The molecule has 0 saturated carbocycles. The molecule has 6 nitrogen and oxygen atoms in total. The van der Waals surface area contributed by atoms with Gasteiger partial charge in [-0.15, -0.1) is 0 Å². The summed E-state index contributed by atoms with van der Waals surface area (Å²) in [7, 11) is 0. The van der Waals surface area contributed by atoms with Crippen molar-refractivity contribution in [3.8, 4) is 0 Å². The van der Waals surface area contributed by atoms with Crippen LogP contribution in [-0.4, -0.2) is 36.3 Å². The van der Waals surface area contributed by atoms with E-state index in [0.717, 1.165) is 34.9 Å². The Morgan fingerprint density at radius 3 is 2.24 bits per heavy atom. The molecular weight excluding hydrogens is 476 g/mol. The Morgan fingerprint density at radius 2 is 1.59 bits per heavy atom. The van der Waals surface area contributed by atoms with Gasteiger partial charge in [0.05, 0.1) is 6.42 Å². The molecule has 37 heavy (non-hydrogen) atoms. The summed E-state index contributed by atoms with van der Waals surface area (Å²) < 4.78 is 26.9. The standard InChI is InChI=1S/C29H27F2N3O3/c1-18(33-26(35)14-19-12-23(30)16-24(31)13-19)28(36)34-27-25(21-10-6-3-7-11-21)15-22(17-32-29(27)37)20-8-4-2-5-9-20/h2-13,15-16,18,25,27H,14,17H2,1H3,(H,32,37)(H,33,35)(H,34,36)/t18-,25-,27-/m0/s1. The second kappa shape index (κ2) is 11.6. The molecule has 0 spiro atoms. The first kappa shape index (κ1) is 25.8. The molecule has 0 unspecified atom stereocenters. The summed E-state index contributed by atoms with van der Waals surface area (Å²) in [6, 6.07) is 20.0. The van der Waals surface area contributed by atoms with Gasteiger partial charge in [0.2, 0.25) is 17.7 Å². The average molecular weight is 504 g/mol. The van der Waals surface area contributed by atoms with Crippen LogP contribution in [0.25, 0.3) is 5.57 Å². The molecule has 1 aliphatic rings. The van der Waals surface area contributed by atoms with Crippen molar-refractivity contribution in [2.24, 2.45) is 0 Å². The van der Waals surface area contributed by atoms with Crippen LogP contribution >= 0.6 is 0 Å². The van der Waals surface area contributed by atoms with Gasteiger partial charge in [-0.1, -0.05) is 66.7 Å². The van der Waals surface area contributed by atoms with Crippen molar-refractivity contribution < 1.29 is 23.2 Å². The smallest absolute Gasteiger partial charge is 0.243 e. The minimum atomic E-state index is -0.990. The zero-order chi connectivity index (χ0) is 26.4. The van der Waals surface area contributed by atoms with Gasteiger partial charge in [0.25, 0.3) is 0 Å². The number of carbonyl (C=O) groups is 3. The molecule has 3 atom stereocenters. The lowest BCUT2D eigenvalue weighted by Crippen LogP contribution is -2.54. The van der Waals surface area contributed by atoms with Crippen LogP contribution in [0.15, 0.2) is 84.9 Å². The van der Waals surface area contributed by atoms with E-state index in [1.54, 1.807) is 0 Å². The molecule has 3 amide bonds. The third kappa shape index (κ3) is 6.67. The number of rotatable bonds is 7. The lowest BCUT2D eigenvalue weighted by Gasteiger charge is -2.25. The van der Waals surface area contributed by atoms with E-state index in [2.05, 4.69) is 16.0 Å². The van der Waals surface area contributed by atoms with Crippen LogP contribution < -0.4 is 16.0 Å². The zero-order valence-corrected chi connectivity index (χ0v) is 20.2. The molecule has 1 heterocycles. The number of halogens is 2. The van der Waals surface area contributed by atoms with Gasteiger partial charge in [-0.2, -0.15) is 0 Å². The molecular formula is C29H27F2N3O3. The van der Waals surface area contributed by atoms with Crippen molar-refractivity contribution in [3.63, 3.8) is 0 Å². The fourth-order valence-corrected chi connectivity index (χ4v) is 4.33. The molecule has 3 aromatic carbocycles. The molecule has 1 aliphatic heterocycles. The minimum Gasteiger partial charge on any atom is -0.350 e. The van der Waals surface area contributed by atoms with Gasteiger partial charge >= 0.3 is 0 Å². The van der Waals surface area contributed by atoms with Gasteiger partial charge in [0.1, 0.15) is 23.7 Å². The third-order valence-corrected chi connectivity index (χ3v) is 6.16. The number of hydrogen-bond donors (Lipinski definition) is 3. The van der Waals surface area contributed by atoms with E-state index >= 15 is 0 Å². The highest BCUT2D eigenvalue weighted by atomic mass is 19.1. The number of amides is 3. The molecule has 8 heteroatoms. The second-order valence-corrected chi connectivity index (χ2v) is 8.94. The highest BCUT2D eigenvalue weighted by molar-refractivity contribution is 5.94. The maximum atomic E-state index is 13.4. The van der Waals surface area contributed by atoms with E-state index in [-0.39, 0.29) is 17.9 Å². The van der Waals surface area contributed by atoms with Gasteiger partial charge in [-0.05, 0) is 41.3 Å². The van der Waals surface area contributed by atoms with Gasteiger partial charge < -0.3 is 16.0 Å². The Bertz CT molecular complexity index is 1290. The molecule has 3 N–H and O–H groups in total. The molecule has 4 rings (SSSR count). The SMILES string of the molecule is C[C@H](NC(=O)Cc1cc(F)cc(F)c1)C(=O)N[C@@H]1C(=O)NCC(c2ccccc2)=C[C@H]1c1ccccc1. The quantitative estimate of drug-likeness (QED) is 0.461. The molecule has 0 fully saturated rings. The number of benzene rings is 3. The Morgan fingerprint density at radius 1 is 0.973 bits per heavy atom. The predicted octanol–water partition coefficient (Wildman–Crippen LogP) is 3.49. The first-order chi connectivity index (χ1) is 17.8. The van der Waals surface area contributed by atoms with Crippen molar-refractivity contribution in [1.82, 2.24) is 16.0 Å². The molecule has 0 aromatic heterocycles. The Hall–Kier alpha value is -4.33. The molecule has 0 bridgehead atoms. The lowest BCUT2D eigenvalue weighted by molar-refractivity contribution is -0.131. The van der Waals surface area contributed by atoms with Crippen molar-refractivity contribution in [2.45, 2.75) is 31.3 Å². The fourth-order valence-electron chi connectivity index (χ4n) is 4.33. The largest absolute Gasteiger partial charge is 0.350 e. The highest BCUT2D eigenvalue weighted by Crippen LogP contribution is 2.28. The van der Waals surface area contributed by atoms with Crippen LogP contribution in [0.4, 0.5) is 8.78 Å². The topological polar surface area (TPSA) is 87.3 Å². The fraction of sp³-hybridized carbons (Fsp3) is 0.207. The van der Waals surface area contributed by atoms with E-state index in [1.807, 2.05) is 66.7 Å². The van der Waals surface area contributed by atoms with Crippen LogP contribution in [0.3, 0.4) is 0 Å². The van der Waals surface area contributed by atoms with Crippen LogP contribution in [0.5, 0.6) is 0 Å². The molecule has 0 aliphatic carbocycles. The first-order valence-electron chi connectivity index (χ1n) is 11.9. The highest BCUT2D eigenvalue weighted by Gasteiger charge is 2.33. The van der Waals surface area contributed by atoms with Crippen LogP contribution in [0.2, 0.25) is 0 Å². The van der Waals surface area contributed by atoms with E-state index in [0.29, 0.717) is 6.54 Å². The van der Waals surface area contributed by atoms with Crippen molar-refractivity contribution in [1.29, 1.82) is 0 Å². The van der Waals surface area contributed by atoms with E-state index in [9.17, 15) is 23.2 Å². The lowest BCUT2D eigenvalue weighted by atomic mass is 9.88. The maximum absolute atomic E-state index is 13.4. The van der Waals surface area contributed by atoms with Gasteiger partial charge in [0, 0.05) is 18.5 Å². The Balaban J connectivity index is 1.51. The summed E-state index contributed by atoms with van der Waals surface area (Å²) in [6.07, 6.45) is 1.68.